The predicted octanol–water partition coefficient (Wildman–Crippen LogP) is 1.50. The summed E-state index contributed by atoms with van der Waals surface area (Å²) in [5, 5.41) is 2.62. The first-order chi connectivity index (χ1) is 11.0. The number of ether oxygens (including phenoxy) is 1. The maximum Gasteiger partial charge on any atom is 0.292 e. The van der Waals surface area contributed by atoms with Crippen molar-refractivity contribution in [1.82, 2.24) is 10.9 Å². The minimum absolute atomic E-state index is 0.299. The topological polar surface area (TPSA) is 96.5 Å². The van der Waals surface area contributed by atoms with Gasteiger partial charge in [0, 0.05) is 6.42 Å². The van der Waals surface area contributed by atoms with Crippen LogP contribution >= 0.6 is 0 Å². The molecule has 0 aromatic heterocycles. The van der Waals surface area contributed by atoms with Gasteiger partial charge in [-0.15, -0.1) is 0 Å². The van der Waals surface area contributed by atoms with Crippen LogP contribution in [0.3, 0.4) is 0 Å². The highest BCUT2D eigenvalue weighted by molar-refractivity contribution is 6.15. The van der Waals surface area contributed by atoms with Gasteiger partial charge in [-0.25, -0.2) is 0 Å². The fourth-order valence-electron chi connectivity index (χ4n) is 2.16. The molecule has 7 nitrogen and oxygen atoms in total. The average Bonchev–Trinajstić information content (AvgIpc) is 2.54. The van der Waals surface area contributed by atoms with Crippen LogP contribution in [0, 0.1) is 0 Å². The molecule has 0 unspecified atom stereocenters. The minimum Gasteiger partial charge on any atom is -0.465 e. The number of rotatable bonds is 5. The molecule has 1 heterocycles. The molecule has 3 N–H and O–H groups in total. The number of unbranched alkanes of at least 4 members (excludes halogenated alkanes) is 2. The number of para-hydroxylation sites is 2. The number of fused-ring (bicyclic) bond motifs is 1. The number of anilines is 1. The third-order valence-corrected chi connectivity index (χ3v) is 3.64. The lowest BCUT2D eigenvalue weighted by atomic mass is 10.0. The third kappa shape index (κ3) is 3.80. The monoisotopic (exact) mass is 319 g/mol. The first-order valence-electron chi connectivity index (χ1n) is 7.66. The summed E-state index contributed by atoms with van der Waals surface area (Å²) in [6.07, 6.45) is 3.02. The largest absolute Gasteiger partial charge is 0.465 e. The highest BCUT2D eigenvalue weighted by Gasteiger charge is 2.47. The van der Waals surface area contributed by atoms with Gasteiger partial charge in [0.05, 0.1) is 5.69 Å². The number of amides is 3. The Morgan fingerprint density at radius 1 is 1.22 bits per heavy atom. The molecule has 0 spiro atoms. The SMILES string of the molecule is CCCCCC(=O)NNC(=O)[C@]1(C)Oc2ccccc2NC1=O. The van der Waals surface area contributed by atoms with Crippen molar-refractivity contribution in [2.24, 2.45) is 0 Å². The zero-order chi connectivity index (χ0) is 16.9. The zero-order valence-electron chi connectivity index (χ0n) is 13.3. The van der Waals surface area contributed by atoms with Gasteiger partial charge in [0.25, 0.3) is 17.4 Å². The van der Waals surface area contributed by atoms with E-state index in [9.17, 15) is 14.4 Å². The molecule has 1 aromatic carbocycles. The Balaban J connectivity index is 1.96. The first kappa shape index (κ1) is 16.8. The number of hydrogen-bond acceptors (Lipinski definition) is 4. The lowest BCUT2D eigenvalue weighted by molar-refractivity contribution is -0.148. The van der Waals surface area contributed by atoms with E-state index in [0.717, 1.165) is 19.3 Å². The van der Waals surface area contributed by atoms with Crippen molar-refractivity contribution in [2.45, 2.75) is 45.1 Å². The number of nitrogens with one attached hydrogen (secondary N) is 3. The molecule has 0 saturated carbocycles. The normalized spacial score (nSPS) is 19.1. The van der Waals surface area contributed by atoms with E-state index < -0.39 is 17.4 Å². The molecule has 2 rings (SSSR count). The molecule has 0 saturated heterocycles. The molecule has 0 fully saturated rings. The van der Waals surface area contributed by atoms with Crippen molar-refractivity contribution in [3.05, 3.63) is 24.3 Å². The second kappa shape index (κ2) is 7.13. The lowest BCUT2D eigenvalue weighted by Gasteiger charge is -2.33. The van der Waals surface area contributed by atoms with E-state index in [2.05, 4.69) is 16.2 Å². The summed E-state index contributed by atoms with van der Waals surface area (Å²) in [5.74, 6) is -1.21. The van der Waals surface area contributed by atoms with Crippen LogP contribution in [-0.2, 0) is 14.4 Å². The molecule has 0 radical (unpaired) electrons. The van der Waals surface area contributed by atoms with Crippen LogP contribution in [0.5, 0.6) is 5.75 Å². The second-order valence-electron chi connectivity index (χ2n) is 5.55. The quantitative estimate of drug-likeness (QED) is 0.435. The van der Waals surface area contributed by atoms with E-state index in [-0.39, 0.29) is 5.91 Å². The standard InChI is InChI=1S/C16H21N3O4/c1-3-4-5-10-13(20)18-19-15(22)16(2)14(21)17-11-8-6-7-9-12(11)23-16/h6-9H,3-5,10H2,1-2H3,(H,17,21)(H,18,20)(H,19,22)/t16-/m1/s1. The van der Waals surface area contributed by atoms with Crippen LogP contribution in [0.4, 0.5) is 5.69 Å². The van der Waals surface area contributed by atoms with E-state index >= 15 is 0 Å². The Bertz CT molecular complexity index is 617. The molecular weight excluding hydrogens is 298 g/mol. The molecule has 1 aromatic rings. The highest BCUT2D eigenvalue weighted by atomic mass is 16.5. The molecule has 1 aliphatic rings. The summed E-state index contributed by atoms with van der Waals surface area (Å²) < 4.78 is 5.55. The minimum atomic E-state index is -1.74. The molecular formula is C16H21N3O4. The van der Waals surface area contributed by atoms with E-state index in [1.165, 1.54) is 6.92 Å². The van der Waals surface area contributed by atoms with Crippen LogP contribution in [0.2, 0.25) is 0 Å². The van der Waals surface area contributed by atoms with E-state index in [1.807, 2.05) is 6.92 Å². The highest BCUT2D eigenvalue weighted by Crippen LogP contribution is 2.33. The maximum absolute atomic E-state index is 12.3. The number of carbonyl (C=O) groups excluding carboxylic acids is 3. The Labute approximate surface area is 134 Å². The van der Waals surface area contributed by atoms with Crippen LogP contribution in [0.15, 0.2) is 24.3 Å². The summed E-state index contributed by atoms with van der Waals surface area (Å²) >= 11 is 0. The number of hydrazine groups is 1. The summed E-state index contributed by atoms with van der Waals surface area (Å²) in [6.45, 7) is 3.40. The molecule has 124 valence electrons. The van der Waals surface area contributed by atoms with Crippen LogP contribution < -0.4 is 20.9 Å². The Hall–Kier alpha value is -2.57. The fraction of sp³-hybridized carbons (Fsp3) is 0.438. The molecule has 23 heavy (non-hydrogen) atoms. The van der Waals surface area contributed by atoms with Gasteiger partial charge in [0.15, 0.2) is 0 Å². The van der Waals surface area contributed by atoms with Crippen molar-refractivity contribution in [3.8, 4) is 5.75 Å². The van der Waals surface area contributed by atoms with Crippen molar-refractivity contribution < 1.29 is 19.1 Å². The molecule has 3 amide bonds. The summed E-state index contributed by atoms with van der Waals surface area (Å²) in [4.78, 5) is 36.1. The van der Waals surface area contributed by atoms with Gasteiger partial charge < -0.3 is 10.1 Å². The number of carbonyl (C=O) groups is 3. The van der Waals surface area contributed by atoms with E-state index in [4.69, 9.17) is 4.74 Å². The third-order valence-electron chi connectivity index (χ3n) is 3.64. The Kier molecular flexibility index (Phi) is 5.20. The summed E-state index contributed by atoms with van der Waals surface area (Å²) in [6, 6.07) is 6.83. The van der Waals surface area contributed by atoms with Crippen molar-refractivity contribution in [2.75, 3.05) is 5.32 Å². The number of benzene rings is 1. The van der Waals surface area contributed by atoms with Gasteiger partial charge in [-0.2, -0.15) is 0 Å². The molecule has 0 aliphatic carbocycles. The smallest absolute Gasteiger partial charge is 0.292 e. The van der Waals surface area contributed by atoms with Gasteiger partial charge in [-0.1, -0.05) is 31.9 Å². The summed E-state index contributed by atoms with van der Waals surface area (Å²) in [7, 11) is 0. The average molecular weight is 319 g/mol. The first-order valence-corrected chi connectivity index (χ1v) is 7.66. The van der Waals surface area contributed by atoms with Gasteiger partial charge in [0.2, 0.25) is 5.91 Å². The summed E-state index contributed by atoms with van der Waals surface area (Å²) in [5.41, 5.74) is 3.33. The van der Waals surface area contributed by atoms with Gasteiger partial charge in [-0.05, 0) is 25.5 Å². The Morgan fingerprint density at radius 3 is 2.70 bits per heavy atom. The van der Waals surface area contributed by atoms with Gasteiger partial charge >= 0.3 is 0 Å². The van der Waals surface area contributed by atoms with Crippen molar-refractivity contribution >= 4 is 23.4 Å². The number of hydrogen-bond donors (Lipinski definition) is 3. The maximum atomic E-state index is 12.3. The molecule has 0 bridgehead atoms. The van der Waals surface area contributed by atoms with Crippen LogP contribution in [0.25, 0.3) is 0 Å². The van der Waals surface area contributed by atoms with Gasteiger partial charge in [0.1, 0.15) is 5.75 Å². The van der Waals surface area contributed by atoms with E-state index in [0.29, 0.717) is 17.9 Å². The van der Waals surface area contributed by atoms with Gasteiger partial charge in [-0.3, -0.25) is 25.2 Å². The second-order valence-corrected chi connectivity index (χ2v) is 5.55. The van der Waals surface area contributed by atoms with Crippen molar-refractivity contribution in [3.63, 3.8) is 0 Å². The van der Waals surface area contributed by atoms with E-state index in [1.54, 1.807) is 24.3 Å². The molecule has 7 heteroatoms. The molecule has 1 aliphatic heterocycles. The van der Waals surface area contributed by atoms with Crippen LogP contribution in [0.1, 0.15) is 39.5 Å². The van der Waals surface area contributed by atoms with Crippen LogP contribution in [-0.4, -0.2) is 23.3 Å². The van der Waals surface area contributed by atoms with Crippen molar-refractivity contribution in [1.29, 1.82) is 0 Å². The predicted molar refractivity (Wildman–Crippen MR) is 84.5 cm³/mol. The zero-order valence-corrected chi connectivity index (χ0v) is 13.3. The Morgan fingerprint density at radius 2 is 1.96 bits per heavy atom. The molecule has 1 atom stereocenters. The lowest BCUT2D eigenvalue weighted by Crippen LogP contribution is -2.61. The fourth-order valence-corrected chi connectivity index (χ4v) is 2.16.